The first-order valence-corrected chi connectivity index (χ1v) is 6.13. The number of hydrogen-bond donors (Lipinski definition) is 1. The molecule has 1 rings (SSSR count). The van der Waals surface area contributed by atoms with Crippen LogP contribution in [0.4, 0.5) is 0 Å². The molecule has 1 unspecified atom stereocenters. The molecular formula is C12H20OS. The first-order valence-electron chi connectivity index (χ1n) is 5.32. The van der Waals surface area contributed by atoms with Crippen LogP contribution in [0.5, 0.6) is 0 Å². The smallest absolute Gasteiger partial charge is 0.0488 e. The molecule has 0 aliphatic rings. The van der Waals surface area contributed by atoms with Crippen LogP contribution in [-0.2, 0) is 12.8 Å². The highest BCUT2D eigenvalue weighted by molar-refractivity contribution is 7.11. The lowest BCUT2D eigenvalue weighted by Gasteiger charge is -2.24. The second kappa shape index (κ2) is 4.94. The van der Waals surface area contributed by atoms with E-state index in [4.69, 9.17) is 0 Å². The lowest BCUT2D eigenvalue weighted by atomic mass is 9.84. The summed E-state index contributed by atoms with van der Waals surface area (Å²) in [6.07, 6.45) is 3.15. The van der Waals surface area contributed by atoms with E-state index in [1.54, 1.807) is 0 Å². The number of rotatable bonds is 5. The monoisotopic (exact) mass is 212 g/mol. The quantitative estimate of drug-likeness (QED) is 0.794. The average molecular weight is 212 g/mol. The molecule has 0 aliphatic heterocycles. The van der Waals surface area contributed by atoms with Crippen LogP contribution in [0.15, 0.2) is 12.1 Å². The Kier molecular flexibility index (Phi) is 4.14. The maximum absolute atomic E-state index is 9.32. The van der Waals surface area contributed by atoms with Crippen LogP contribution in [-0.4, -0.2) is 11.7 Å². The summed E-state index contributed by atoms with van der Waals surface area (Å²) in [6, 6.07) is 4.40. The van der Waals surface area contributed by atoms with Gasteiger partial charge in [0.25, 0.3) is 0 Å². The van der Waals surface area contributed by atoms with Crippen LogP contribution in [0, 0.1) is 5.41 Å². The molecular weight excluding hydrogens is 192 g/mol. The predicted molar refractivity (Wildman–Crippen MR) is 62.9 cm³/mol. The number of thiophene rings is 1. The maximum Gasteiger partial charge on any atom is 0.0488 e. The van der Waals surface area contributed by atoms with Crippen molar-refractivity contribution in [3.8, 4) is 0 Å². The van der Waals surface area contributed by atoms with Crippen molar-refractivity contribution < 1.29 is 5.11 Å². The number of aliphatic hydroxyl groups excluding tert-OH is 1. The summed E-state index contributed by atoms with van der Waals surface area (Å²) in [5.74, 6) is 0. The molecule has 0 radical (unpaired) electrons. The largest absolute Gasteiger partial charge is 0.396 e. The van der Waals surface area contributed by atoms with Gasteiger partial charge in [-0.1, -0.05) is 20.8 Å². The molecule has 80 valence electrons. The van der Waals surface area contributed by atoms with Gasteiger partial charge in [-0.05, 0) is 36.8 Å². The summed E-state index contributed by atoms with van der Waals surface area (Å²) in [6.45, 7) is 6.76. The second-order valence-corrected chi connectivity index (χ2v) is 5.47. The molecule has 0 saturated heterocycles. The van der Waals surface area contributed by atoms with Gasteiger partial charge in [0.2, 0.25) is 0 Å². The van der Waals surface area contributed by atoms with Gasteiger partial charge in [-0.3, -0.25) is 0 Å². The predicted octanol–water partition coefficient (Wildman–Crippen LogP) is 3.26. The third-order valence-corrected chi connectivity index (χ3v) is 4.13. The third-order valence-electron chi connectivity index (χ3n) is 2.90. The van der Waals surface area contributed by atoms with Gasteiger partial charge in [0, 0.05) is 16.4 Å². The zero-order valence-electron chi connectivity index (χ0n) is 9.34. The lowest BCUT2D eigenvalue weighted by Crippen LogP contribution is -2.22. The maximum atomic E-state index is 9.32. The van der Waals surface area contributed by atoms with Crippen LogP contribution in [0.3, 0.4) is 0 Å². The van der Waals surface area contributed by atoms with Gasteiger partial charge in [-0.25, -0.2) is 0 Å². The first-order chi connectivity index (χ1) is 6.63. The second-order valence-electron chi connectivity index (χ2n) is 4.22. The van der Waals surface area contributed by atoms with E-state index in [-0.39, 0.29) is 12.0 Å². The average Bonchev–Trinajstić information content (AvgIpc) is 2.65. The minimum absolute atomic E-state index is 0.0653. The molecule has 2 heteroatoms. The normalized spacial score (nSPS) is 15.4. The van der Waals surface area contributed by atoms with Crippen LogP contribution in [0.1, 0.15) is 36.9 Å². The molecule has 0 aliphatic carbocycles. The summed E-state index contributed by atoms with van der Waals surface area (Å²) >= 11 is 1.88. The van der Waals surface area contributed by atoms with E-state index in [2.05, 4.69) is 32.9 Å². The van der Waals surface area contributed by atoms with Gasteiger partial charge in [0.15, 0.2) is 0 Å². The standard InChI is InChI=1S/C12H20OS/c1-4-10-6-7-11(14-10)8-12(3,5-2)9-13/h6-7,13H,4-5,8-9H2,1-3H3. The van der Waals surface area contributed by atoms with Crippen molar-refractivity contribution in [1.29, 1.82) is 0 Å². The Bertz CT molecular complexity index is 274. The Morgan fingerprint density at radius 1 is 1.29 bits per heavy atom. The molecule has 1 atom stereocenters. The van der Waals surface area contributed by atoms with Crippen molar-refractivity contribution in [3.63, 3.8) is 0 Å². The molecule has 0 bridgehead atoms. The molecule has 0 amide bonds. The molecule has 0 fully saturated rings. The van der Waals surface area contributed by atoms with E-state index in [1.165, 1.54) is 9.75 Å². The van der Waals surface area contributed by atoms with Crippen molar-refractivity contribution in [2.45, 2.75) is 40.0 Å². The topological polar surface area (TPSA) is 20.2 Å². The Labute approximate surface area is 90.8 Å². The Morgan fingerprint density at radius 2 is 1.93 bits per heavy atom. The minimum atomic E-state index is 0.0653. The summed E-state index contributed by atoms with van der Waals surface area (Å²) < 4.78 is 0. The Balaban J connectivity index is 2.67. The molecule has 1 aromatic rings. The molecule has 0 aromatic carbocycles. The van der Waals surface area contributed by atoms with Gasteiger partial charge in [0.05, 0.1) is 0 Å². The van der Waals surface area contributed by atoms with E-state index in [0.29, 0.717) is 0 Å². The van der Waals surface area contributed by atoms with Crippen molar-refractivity contribution in [1.82, 2.24) is 0 Å². The lowest BCUT2D eigenvalue weighted by molar-refractivity contribution is 0.138. The van der Waals surface area contributed by atoms with E-state index < -0.39 is 0 Å². The summed E-state index contributed by atoms with van der Waals surface area (Å²) in [4.78, 5) is 2.84. The van der Waals surface area contributed by atoms with Gasteiger partial charge >= 0.3 is 0 Å². The van der Waals surface area contributed by atoms with E-state index in [0.717, 1.165) is 19.3 Å². The van der Waals surface area contributed by atoms with E-state index in [1.807, 2.05) is 11.3 Å². The molecule has 1 nitrogen and oxygen atoms in total. The van der Waals surface area contributed by atoms with Crippen LogP contribution < -0.4 is 0 Å². The van der Waals surface area contributed by atoms with Crippen molar-refractivity contribution in [2.75, 3.05) is 6.61 Å². The number of aliphatic hydroxyl groups is 1. The Hall–Kier alpha value is -0.340. The van der Waals surface area contributed by atoms with Crippen molar-refractivity contribution in [3.05, 3.63) is 21.9 Å². The van der Waals surface area contributed by atoms with Gasteiger partial charge < -0.3 is 5.11 Å². The number of hydrogen-bond acceptors (Lipinski definition) is 2. The van der Waals surface area contributed by atoms with Crippen LogP contribution >= 0.6 is 11.3 Å². The summed E-state index contributed by atoms with van der Waals surface area (Å²) in [7, 11) is 0. The summed E-state index contributed by atoms with van der Waals surface area (Å²) in [5, 5.41) is 9.32. The first kappa shape index (κ1) is 11.7. The molecule has 1 N–H and O–H groups in total. The van der Waals surface area contributed by atoms with Crippen LogP contribution in [0.2, 0.25) is 0 Å². The summed E-state index contributed by atoms with van der Waals surface area (Å²) in [5.41, 5.74) is 0.0653. The van der Waals surface area contributed by atoms with Crippen molar-refractivity contribution in [2.24, 2.45) is 5.41 Å². The number of aryl methyl sites for hydroxylation is 1. The highest BCUT2D eigenvalue weighted by atomic mass is 32.1. The SMILES string of the molecule is CCc1ccc(CC(C)(CC)CO)s1. The zero-order valence-corrected chi connectivity index (χ0v) is 10.2. The van der Waals surface area contributed by atoms with Gasteiger partial charge in [-0.15, -0.1) is 11.3 Å². The highest BCUT2D eigenvalue weighted by Gasteiger charge is 2.22. The Morgan fingerprint density at radius 3 is 2.36 bits per heavy atom. The molecule has 0 saturated carbocycles. The molecule has 1 aromatic heterocycles. The fourth-order valence-corrected chi connectivity index (χ4v) is 2.59. The molecule has 0 spiro atoms. The zero-order chi connectivity index (χ0) is 10.6. The molecule has 14 heavy (non-hydrogen) atoms. The van der Waals surface area contributed by atoms with Gasteiger partial charge in [0.1, 0.15) is 0 Å². The molecule has 1 heterocycles. The van der Waals surface area contributed by atoms with Crippen molar-refractivity contribution >= 4 is 11.3 Å². The third kappa shape index (κ3) is 2.82. The van der Waals surface area contributed by atoms with Crippen LogP contribution in [0.25, 0.3) is 0 Å². The van der Waals surface area contributed by atoms with E-state index >= 15 is 0 Å². The van der Waals surface area contributed by atoms with Gasteiger partial charge in [-0.2, -0.15) is 0 Å². The fraction of sp³-hybridized carbons (Fsp3) is 0.667. The highest BCUT2D eigenvalue weighted by Crippen LogP contribution is 2.29. The fourth-order valence-electron chi connectivity index (χ4n) is 1.42. The van der Waals surface area contributed by atoms with E-state index in [9.17, 15) is 5.11 Å². The minimum Gasteiger partial charge on any atom is -0.396 e.